The summed E-state index contributed by atoms with van der Waals surface area (Å²) in [6.07, 6.45) is -4.40. The van der Waals surface area contributed by atoms with E-state index in [9.17, 15) is 18.0 Å². The highest BCUT2D eigenvalue weighted by Gasteiger charge is 2.47. The third kappa shape index (κ3) is 5.44. The first-order chi connectivity index (χ1) is 10.3. The Morgan fingerprint density at radius 1 is 1.30 bits per heavy atom. The van der Waals surface area contributed by atoms with Gasteiger partial charge in [0, 0.05) is 17.6 Å². The van der Waals surface area contributed by atoms with Gasteiger partial charge in [-0.1, -0.05) is 11.6 Å². The topological polar surface area (TPSA) is 55.6 Å². The van der Waals surface area contributed by atoms with Gasteiger partial charge in [0.1, 0.15) is 11.8 Å². The van der Waals surface area contributed by atoms with Gasteiger partial charge in [0.05, 0.1) is 0 Å². The summed E-state index contributed by atoms with van der Waals surface area (Å²) in [7, 11) is 0. The minimum Gasteiger partial charge on any atom is -0.484 e. The van der Waals surface area contributed by atoms with Crippen molar-refractivity contribution < 1.29 is 22.7 Å². The molecule has 1 aromatic carbocycles. The van der Waals surface area contributed by atoms with E-state index in [-0.39, 0.29) is 31.8 Å². The molecule has 0 radical (unpaired) electrons. The molecule has 2 atom stereocenters. The molecule has 0 bridgehead atoms. The van der Waals surface area contributed by atoms with Gasteiger partial charge in [-0.2, -0.15) is 13.2 Å². The molecule has 0 saturated carbocycles. The minimum atomic E-state index is -4.46. The second-order valence-corrected chi connectivity index (χ2v) is 5.62. The van der Waals surface area contributed by atoms with Gasteiger partial charge in [-0.15, -0.1) is 12.4 Å². The van der Waals surface area contributed by atoms with E-state index in [1.807, 2.05) is 0 Å². The summed E-state index contributed by atoms with van der Waals surface area (Å²) in [6, 6.07) is 3.97. The molecular formula is C14H17Cl2F3N2O2. The lowest BCUT2D eigenvalue weighted by Gasteiger charge is -2.39. The van der Waals surface area contributed by atoms with Crippen LogP contribution in [0, 0.1) is 0 Å². The first kappa shape index (κ1) is 19.9. The van der Waals surface area contributed by atoms with Crippen LogP contribution in [0.3, 0.4) is 0 Å². The molecule has 1 fully saturated rings. The second-order valence-electron chi connectivity index (χ2n) is 5.18. The lowest BCUT2D eigenvalue weighted by molar-refractivity contribution is -0.197. The quantitative estimate of drug-likeness (QED) is 0.886. The average molecular weight is 373 g/mol. The zero-order valence-electron chi connectivity index (χ0n) is 12.1. The number of carbonyl (C=O) groups excluding carboxylic acids is 1. The Balaban J connectivity index is 0.00000264. The summed E-state index contributed by atoms with van der Waals surface area (Å²) in [5, 5.41) is 0.498. The van der Waals surface area contributed by atoms with Crippen molar-refractivity contribution in [3.05, 3.63) is 29.3 Å². The monoisotopic (exact) mass is 372 g/mol. The van der Waals surface area contributed by atoms with Gasteiger partial charge in [-0.25, -0.2) is 0 Å². The van der Waals surface area contributed by atoms with Gasteiger partial charge in [0.2, 0.25) is 0 Å². The van der Waals surface area contributed by atoms with Crippen LogP contribution in [0.1, 0.15) is 12.8 Å². The number of alkyl halides is 3. The molecule has 0 aliphatic carbocycles. The second kappa shape index (κ2) is 8.08. The van der Waals surface area contributed by atoms with Crippen molar-refractivity contribution >= 4 is 29.9 Å². The zero-order valence-corrected chi connectivity index (χ0v) is 13.6. The Kier molecular flexibility index (Phi) is 6.98. The molecule has 0 aromatic heterocycles. The summed E-state index contributed by atoms with van der Waals surface area (Å²) < 4.78 is 44.2. The third-order valence-electron chi connectivity index (χ3n) is 3.49. The Morgan fingerprint density at radius 3 is 2.48 bits per heavy atom. The molecule has 1 amide bonds. The molecule has 1 aliphatic heterocycles. The number of likely N-dealkylation sites (tertiary alicyclic amines) is 1. The lowest BCUT2D eigenvalue weighted by atomic mass is 9.98. The number of hydrogen-bond donors (Lipinski definition) is 1. The van der Waals surface area contributed by atoms with Crippen molar-refractivity contribution in [2.75, 3.05) is 13.2 Å². The Labute approximate surface area is 143 Å². The van der Waals surface area contributed by atoms with E-state index >= 15 is 0 Å². The van der Waals surface area contributed by atoms with E-state index in [0.717, 1.165) is 4.90 Å². The van der Waals surface area contributed by atoms with Crippen LogP contribution in [0.2, 0.25) is 5.02 Å². The molecule has 2 rings (SSSR count). The van der Waals surface area contributed by atoms with Crippen molar-refractivity contribution in [1.82, 2.24) is 4.90 Å². The number of ether oxygens (including phenoxy) is 1. The van der Waals surface area contributed by atoms with Crippen LogP contribution in [0.15, 0.2) is 24.3 Å². The number of nitrogens with two attached hydrogens (primary N) is 1. The van der Waals surface area contributed by atoms with Gasteiger partial charge in [0.25, 0.3) is 5.91 Å². The molecule has 2 unspecified atom stereocenters. The van der Waals surface area contributed by atoms with E-state index in [1.165, 1.54) is 0 Å². The maximum Gasteiger partial charge on any atom is 0.408 e. The van der Waals surface area contributed by atoms with Gasteiger partial charge in [0.15, 0.2) is 6.61 Å². The summed E-state index contributed by atoms with van der Waals surface area (Å²) in [4.78, 5) is 12.8. The highest BCUT2D eigenvalue weighted by Crippen LogP contribution is 2.31. The fraction of sp³-hybridized carbons (Fsp3) is 0.500. The number of hydrogen-bond acceptors (Lipinski definition) is 3. The van der Waals surface area contributed by atoms with Gasteiger partial charge in [-0.05, 0) is 37.1 Å². The average Bonchev–Trinajstić information content (AvgIpc) is 2.45. The van der Waals surface area contributed by atoms with E-state index in [4.69, 9.17) is 22.1 Å². The summed E-state index contributed by atoms with van der Waals surface area (Å²) in [5.74, 6) is -0.366. The highest BCUT2D eigenvalue weighted by atomic mass is 35.5. The lowest BCUT2D eigenvalue weighted by Crippen LogP contribution is -2.57. The fourth-order valence-electron chi connectivity index (χ4n) is 2.37. The molecule has 130 valence electrons. The third-order valence-corrected chi connectivity index (χ3v) is 3.74. The zero-order chi connectivity index (χ0) is 16.3. The molecule has 23 heavy (non-hydrogen) atoms. The molecule has 9 heteroatoms. The van der Waals surface area contributed by atoms with Crippen LogP contribution in [0.25, 0.3) is 0 Å². The van der Waals surface area contributed by atoms with Crippen molar-refractivity contribution in [2.24, 2.45) is 5.73 Å². The maximum atomic E-state index is 13.0. The number of rotatable bonds is 3. The number of piperidine rings is 1. The fourth-order valence-corrected chi connectivity index (χ4v) is 2.50. The van der Waals surface area contributed by atoms with Gasteiger partial charge >= 0.3 is 6.18 Å². The Hall–Kier alpha value is -1.18. The van der Waals surface area contributed by atoms with E-state index in [2.05, 4.69) is 0 Å². The van der Waals surface area contributed by atoms with Crippen LogP contribution in [0.5, 0.6) is 5.75 Å². The summed E-state index contributed by atoms with van der Waals surface area (Å²) in [5.41, 5.74) is 5.68. The van der Waals surface area contributed by atoms with Crippen molar-refractivity contribution in [2.45, 2.75) is 31.1 Å². The van der Waals surface area contributed by atoms with E-state index in [0.29, 0.717) is 10.8 Å². The largest absolute Gasteiger partial charge is 0.484 e. The first-order valence-corrected chi connectivity index (χ1v) is 7.15. The number of benzene rings is 1. The van der Waals surface area contributed by atoms with Gasteiger partial charge in [-0.3, -0.25) is 4.79 Å². The van der Waals surface area contributed by atoms with Crippen LogP contribution >= 0.6 is 24.0 Å². The van der Waals surface area contributed by atoms with E-state index in [1.54, 1.807) is 24.3 Å². The van der Waals surface area contributed by atoms with Crippen LogP contribution in [-0.2, 0) is 4.79 Å². The predicted octanol–water partition coefficient (Wildman–Crippen LogP) is 3.02. The molecule has 1 heterocycles. The number of halogens is 5. The Morgan fingerprint density at radius 2 is 1.91 bits per heavy atom. The summed E-state index contributed by atoms with van der Waals surface area (Å²) in [6.45, 7) is -0.589. The van der Waals surface area contributed by atoms with Crippen LogP contribution in [-0.4, -0.2) is 42.2 Å². The van der Waals surface area contributed by atoms with Crippen LogP contribution in [0.4, 0.5) is 13.2 Å². The maximum absolute atomic E-state index is 13.0. The molecule has 4 nitrogen and oxygen atoms in total. The first-order valence-electron chi connectivity index (χ1n) is 6.77. The smallest absolute Gasteiger partial charge is 0.408 e. The molecule has 1 saturated heterocycles. The SMILES string of the molecule is Cl.NC1CCC(C(F)(F)F)N(C(=O)COc2ccc(Cl)cc2)C1. The van der Waals surface area contributed by atoms with E-state index < -0.39 is 30.8 Å². The van der Waals surface area contributed by atoms with Crippen molar-refractivity contribution in [3.8, 4) is 5.75 Å². The molecule has 1 aromatic rings. The number of carbonyl (C=O) groups is 1. The standard InChI is InChI=1S/C14H16ClF3N2O2.ClH/c15-9-1-4-11(5-2-9)22-8-13(21)20-7-10(19)3-6-12(20)14(16,17)18;/h1-2,4-5,10,12H,3,6-8,19H2;1H. The Bertz CT molecular complexity index is 526. The normalized spacial score (nSPS) is 21.5. The van der Waals surface area contributed by atoms with Crippen LogP contribution < -0.4 is 10.5 Å². The van der Waals surface area contributed by atoms with Crippen molar-refractivity contribution in [1.29, 1.82) is 0 Å². The molecule has 1 aliphatic rings. The minimum absolute atomic E-state index is 0. The van der Waals surface area contributed by atoms with Gasteiger partial charge < -0.3 is 15.4 Å². The molecule has 2 N–H and O–H groups in total. The highest BCUT2D eigenvalue weighted by molar-refractivity contribution is 6.30. The summed E-state index contributed by atoms with van der Waals surface area (Å²) >= 11 is 5.71. The molecule has 0 spiro atoms. The predicted molar refractivity (Wildman–Crippen MR) is 83.0 cm³/mol. The number of nitrogens with zero attached hydrogens (tertiary/aromatic N) is 1. The number of amides is 1. The molecular weight excluding hydrogens is 356 g/mol. The van der Waals surface area contributed by atoms with Crippen molar-refractivity contribution in [3.63, 3.8) is 0 Å².